The predicted octanol–water partition coefficient (Wildman–Crippen LogP) is 1.54. The number of aromatic nitrogens is 2. The second-order valence-corrected chi connectivity index (χ2v) is 7.38. The molecule has 3 aliphatic heterocycles. The van der Waals surface area contributed by atoms with Crippen LogP contribution in [0.1, 0.15) is 40.1 Å². The number of nitrogens with one attached hydrogen (secondary N) is 1. The van der Waals surface area contributed by atoms with Gasteiger partial charge in [-0.1, -0.05) is 12.1 Å². The Labute approximate surface area is 158 Å². The Hall–Kier alpha value is -2.67. The average Bonchev–Trinajstić information content (AvgIpc) is 3.33. The first-order valence-corrected chi connectivity index (χ1v) is 9.58. The summed E-state index contributed by atoms with van der Waals surface area (Å²) in [6, 6.07) is 6.99. The zero-order valence-electron chi connectivity index (χ0n) is 15.4. The summed E-state index contributed by atoms with van der Waals surface area (Å²) in [6.45, 7) is 7.23. The van der Waals surface area contributed by atoms with Crippen LogP contribution in [0.5, 0.6) is 5.75 Å². The molecule has 27 heavy (non-hydrogen) atoms. The standard InChI is InChI=1S/C20H23N5O2/c1-13(15-3-2-14-4-9-27-18(14)10-15)24-5-7-25(8-6-24)20-22-11-16-17(23-20)12-21-19(16)26/h2-3,10-11,13H,4-9,12H2,1H3,(H,21,26)/t13-/m0/s1. The Morgan fingerprint density at radius 3 is 2.93 bits per heavy atom. The van der Waals surface area contributed by atoms with Crippen molar-refractivity contribution >= 4 is 11.9 Å². The van der Waals surface area contributed by atoms with E-state index in [1.165, 1.54) is 11.1 Å². The van der Waals surface area contributed by atoms with E-state index in [1.807, 2.05) is 0 Å². The molecule has 0 spiro atoms. The van der Waals surface area contributed by atoms with E-state index in [4.69, 9.17) is 4.74 Å². The maximum absolute atomic E-state index is 11.7. The molecular weight excluding hydrogens is 342 g/mol. The van der Waals surface area contributed by atoms with Crippen LogP contribution in [0, 0.1) is 0 Å². The minimum atomic E-state index is -0.0754. The summed E-state index contributed by atoms with van der Waals surface area (Å²) < 4.78 is 5.72. The fraction of sp³-hybridized carbons (Fsp3) is 0.450. The summed E-state index contributed by atoms with van der Waals surface area (Å²) in [4.78, 5) is 25.4. The summed E-state index contributed by atoms with van der Waals surface area (Å²) in [5.74, 6) is 1.70. The smallest absolute Gasteiger partial charge is 0.255 e. The van der Waals surface area contributed by atoms with Gasteiger partial charge in [-0.3, -0.25) is 9.69 Å². The van der Waals surface area contributed by atoms with Gasteiger partial charge in [-0.25, -0.2) is 9.97 Å². The summed E-state index contributed by atoms with van der Waals surface area (Å²) in [5.41, 5.74) is 4.03. The molecule has 1 N–H and O–H groups in total. The molecule has 0 saturated carbocycles. The molecule has 0 bridgehead atoms. The lowest BCUT2D eigenvalue weighted by atomic mass is 10.0. The highest BCUT2D eigenvalue weighted by Gasteiger charge is 2.27. The molecule has 1 atom stereocenters. The van der Waals surface area contributed by atoms with E-state index >= 15 is 0 Å². The van der Waals surface area contributed by atoms with Crippen molar-refractivity contribution in [2.24, 2.45) is 0 Å². The van der Waals surface area contributed by atoms with Crippen LogP contribution in [0.25, 0.3) is 0 Å². The molecule has 0 radical (unpaired) electrons. The minimum absolute atomic E-state index is 0.0754. The van der Waals surface area contributed by atoms with E-state index in [-0.39, 0.29) is 5.91 Å². The van der Waals surface area contributed by atoms with Crippen LogP contribution in [0.4, 0.5) is 5.95 Å². The van der Waals surface area contributed by atoms with E-state index in [0.717, 1.165) is 56.6 Å². The zero-order valence-corrected chi connectivity index (χ0v) is 15.4. The molecule has 1 fully saturated rings. The third-order valence-electron chi connectivity index (χ3n) is 5.86. The monoisotopic (exact) mass is 365 g/mol. The highest BCUT2D eigenvalue weighted by atomic mass is 16.5. The Balaban J connectivity index is 1.26. The number of amides is 1. The first kappa shape index (κ1) is 16.5. The van der Waals surface area contributed by atoms with Crippen molar-refractivity contribution < 1.29 is 9.53 Å². The van der Waals surface area contributed by atoms with Crippen LogP contribution < -0.4 is 15.0 Å². The molecule has 1 aromatic heterocycles. The number of carbonyl (C=O) groups is 1. The second kappa shape index (κ2) is 6.49. The summed E-state index contributed by atoms with van der Waals surface area (Å²) in [7, 11) is 0. The largest absolute Gasteiger partial charge is 0.493 e. The number of hydrogen-bond donors (Lipinski definition) is 1. The van der Waals surface area contributed by atoms with Gasteiger partial charge < -0.3 is 15.0 Å². The second-order valence-electron chi connectivity index (χ2n) is 7.38. The number of nitrogens with zero attached hydrogens (tertiary/aromatic N) is 4. The number of carbonyl (C=O) groups excluding carboxylic acids is 1. The SMILES string of the molecule is C[C@@H](c1ccc2c(c1)OCC2)N1CCN(c2ncc3c(n2)CNC3=O)CC1. The van der Waals surface area contributed by atoms with Crippen LogP contribution in [0.15, 0.2) is 24.4 Å². The van der Waals surface area contributed by atoms with Crippen molar-refractivity contribution in [3.63, 3.8) is 0 Å². The molecule has 2 aromatic rings. The van der Waals surface area contributed by atoms with Gasteiger partial charge in [0, 0.05) is 44.8 Å². The Morgan fingerprint density at radius 1 is 1.22 bits per heavy atom. The number of anilines is 1. The predicted molar refractivity (Wildman–Crippen MR) is 101 cm³/mol. The van der Waals surface area contributed by atoms with Crippen molar-refractivity contribution in [1.29, 1.82) is 0 Å². The summed E-state index contributed by atoms with van der Waals surface area (Å²) in [6.07, 6.45) is 2.67. The zero-order chi connectivity index (χ0) is 18.4. The van der Waals surface area contributed by atoms with Gasteiger partial charge in [0.15, 0.2) is 0 Å². The fourth-order valence-electron chi connectivity index (χ4n) is 4.11. The highest BCUT2D eigenvalue weighted by Crippen LogP contribution is 2.31. The summed E-state index contributed by atoms with van der Waals surface area (Å²) in [5, 5.41) is 2.79. The number of fused-ring (bicyclic) bond motifs is 2. The molecule has 0 aliphatic carbocycles. The number of piperazine rings is 1. The Morgan fingerprint density at radius 2 is 2.07 bits per heavy atom. The molecule has 1 saturated heterocycles. The van der Waals surface area contributed by atoms with E-state index in [1.54, 1.807) is 6.20 Å². The lowest BCUT2D eigenvalue weighted by Gasteiger charge is -2.38. The lowest BCUT2D eigenvalue weighted by Crippen LogP contribution is -2.47. The quantitative estimate of drug-likeness (QED) is 0.890. The molecule has 7 heteroatoms. The first-order chi connectivity index (χ1) is 13.2. The third-order valence-corrected chi connectivity index (χ3v) is 5.86. The number of benzene rings is 1. The average molecular weight is 365 g/mol. The maximum Gasteiger partial charge on any atom is 0.255 e. The molecule has 1 aromatic carbocycles. The topological polar surface area (TPSA) is 70.6 Å². The molecule has 1 amide bonds. The molecule has 0 unspecified atom stereocenters. The molecular formula is C20H23N5O2. The van der Waals surface area contributed by atoms with Gasteiger partial charge in [0.2, 0.25) is 5.95 Å². The van der Waals surface area contributed by atoms with Crippen LogP contribution in [0.2, 0.25) is 0 Å². The van der Waals surface area contributed by atoms with E-state index < -0.39 is 0 Å². The van der Waals surface area contributed by atoms with E-state index in [2.05, 4.69) is 50.2 Å². The van der Waals surface area contributed by atoms with Gasteiger partial charge >= 0.3 is 0 Å². The lowest BCUT2D eigenvalue weighted by molar-refractivity contribution is 0.0965. The number of ether oxygens (including phenoxy) is 1. The summed E-state index contributed by atoms with van der Waals surface area (Å²) >= 11 is 0. The van der Waals surface area contributed by atoms with Crippen molar-refractivity contribution in [2.45, 2.75) is 25.9 Å². The number of hydrogen-bond acceptors (Lipinski definition) is 6. The molecule has 4 heterocycles. The van der Waals surface area contributed by atoms with Gasteiger partial charge in [0.05, 0.1) is 24.4 Å². The third kappa shape index (κ3) is 2.92. The Kier molecular flexibility index (Phi) is 3.97. The van der Waals surface area contributed by atoms with Gasteiger partial charge in [0.25, 0.3) is 5.91 Å². The fourth-order valence-corrected chi connectivity index (χ4v) is 4.11. The first-order valence-electron chi connectivity index (χ1n) is 9.58. The minimum Gasteiger partial charge on any atom is -0.493 e. The molecule has 140 valence electrons. The van der Waals surface area contributed by atoms with Gasteiger partial charge in [-0.05, 0) is 24.1 Å². The number of rotatable bonds is 3. The van der Waals surface area contributed by atoms with E-state index in [9.17, 15) is 4.79 Å². The van der Waals surface area contributed by atoms with Crippen molar-refractivity contribution in [3.8, 4) is 5.75 Å². The van der Waals surface area contributed by atoms with Crippen molar-refractivity contribution in [3.05, 3.63) is 46.8 Å². The normalized spacial score (nSPS) is 20.0. The highest BCUT2D eigenvalue weighted by molar-refractivity contribution is 5.97. The van der Waals surface area contributed by atoms with Gasteiger partial charge in [-0.2, -0.15) is 0 Å². The Bertz CT molecular complexity index is 892. The van der Waals surface area contributed by atoms with Crippen LogP contribution >= 0.6 is 0 Å². The van der Waals surface area contributed by atoms with Crippen molar-refractivity contribution in [2.75, 3.05) is 37.7 Å². The molecule has 3 aliphatic rings. The molecule has 5 rings (SSSR count). The maximum atomic E-state index is 11.7. The van der Waals surface area contributed by atoms with Gasteiger partial charge in [-0.15, -0.1) is 0 Å². The molecule has 7 nitrogen and oxygen atoms in total. The van der Waals surface area contributed by atoms with E-state index in [0.29, 0.717) is 18.2 Å². The van der Waals surface area contributed by atoms with Crippen LogP contribution in [0.3, 0.4) is 0 Å². The van der Waals surface area contributed by atoms with Gasteiger partial charge in [0.1, 0.15) is 5.75 Å². The van der Waals surface area contributed by atoms with Crippen LogP contribution in [-0.4, -0.2) is 53.6 Å². The van der Waals surface area contributed by atoms with Crippen molar-refractivity contribution in [1.82, 2.24) is 20.2 Å². The van der Waals surface area contributed by atoms with Crippen LogP contribution in [-0.2, 0) is 13.0 Å².